The minimum absolute atomic E-state index is 0.412. The lowest BCUT2D eigenvalue weighted by Gasteiger charge is -2.23. The second-order valence-electron chi connectivity index (χ2n) is 5.55. The number of aromatic nitrogens is 4. The number of hydrogen-bond donors (Lipinski definition) is 1. The molecule has 0 bridgehead atoms. The zero-order valence-electron chi connectivity index (χ0n) is 12.5. The summed E-state index contributed by atoms with van der Waals surface area (Å²) in [4.78, 5) is 4.53. The Kier molecular flexibility index (Phi) is 3.76. The van der Waals surface area contributed by atoms with Crippen LogP contribution in [0.25, 0.3) is 0 Å². The van der Waals surface area contributed by atoms with Crippen molar-refractivity contribution in [2.75, 3.05) is 0 Å². The summed E-state index contributed by atoms with van der Waals surface area (Å²) in [5.41, 5.74) is 1.84. The zero-order chi connectivity index (χ0) is 14.8. The molecule has 6 nitrogen and oxygen atoms in total. The van der Waals surface area contributed by atoms with Gasteiger partial charge in [0.2, 0.25) is 0 Å². The molecule has 0 amide bonds. The summed E-state index contributed by atoms with van der Waals surface area (Å²) in [7, 11) is 1.90. The summed E-state index contributed by atoms with van der Waals surface area (Å²) < 4.78 is 3.90. The van der Waals surface area contributed by atoms with E-state index in [-0.39, 0.29) is 0 Å². The van der Waals surface area contributed by atoms with E-state index in [4.69, 9.17) is 5.26 Å². The van der Waals surface area contributed by atoms with Crippen LogP contribution in [0.1, 0.15) is 36.3 Å². The van der Waals surface area contributed by atoms with Crippen molar-refractivity contribution in [2.24, 2.45) is 7.05 Å². The highest BCUT2D eigenvalue weighted by Gasteiger charge is 2.20. The third-order valence-electron chi connectivity index (χ3n) is 3.99. The van der Waals surface area contributed by atoms with E-state index >= 15 is 0 Å². The summed E-state index contributed by atoms with van der Waals surface area (Å²) in [6.07, 6.45) is 4.95. The fourth-order valence-electron chi connectivity index (χ4n) is 2.78. The average Bonchev–Trinajstić information content (AvgIpc) is 3.07. The number of rotatable bonds is 4. The van der Waals surface area contributed by atoms with Crippen LogP contribution in [-0.2, 0) is 33.0 Å². The summed E-state index contributed by atoms with van der Waals surface area (Å²) in [5.74, 6) is 2.05. The second kappa shape index (κ2) is 5.70. The SMILES string of the molecule is CCc1nc2n(n1)CC(NCc1cc(C#N)n(C)c1)CC2. The van der Waals surface area contributed by atoms with Crippen LogP contribution in [0.5, 0.6) is 0 Å². The lowest BCUT2D eigenvalue weighted by atomic mass is 10.1. The number of hydrogen-bond acceptors (Lipinski definition) is 4. The van der Waals surface area contributed by atoms with E-state index in [9.17, 15) is 0 Å². The molecule has 110 valence electrons. The molecule has 1 unspecified atom stereocenters. The van der Waals surface area contributed by atoms with Gasteiger partial charge in [-0.1, -0.05) is 6.92 Å². The monoisotopic (exact) mass is 284 g/mol. The summed E-state index contributed by atoms with van der Waals surface area (Å²) in [6, 6.07) is 4.54. The number of aryl methyl sites for hydroxylation is 3. The van der Waals surface area contributed by atoms with Crippen molar-refractivity contribution in [3.63, 3.8) is 0 Å². The van der Waals surface area contributed by atoms with Crippen molar-refractivity contribution in [1.82, 2.24) is 24.6 Å². The van der Waals surface area contributed by atoms with Crippen LogP contribution in [0.4, 0.5) is 0 Å². The van der Waals surface area contributed by atoms with Crippen LogP contribution < -0.4 is 5.32 Å². The topological polar surface area (TPSA) is 71.5 Å². The van der Waals surface area contributed by atoms with Crippen molar-refractivity contribution in [1.29, 1.82) is 5.26 Å². The lowest BCUT2D eigenvalue weighted by molar-refractivity contribution is 0.357. The summed E-state index contributed by atoms with van der Waals surface area (Å²) in [6.45, 7) is 3.74. The minimum Gasteiger partial charge on any atom is -0.342 e. The second-order valence-corrected chi connectivity index (χ2v) is 5.55. The Balaban J connectivity index is 1.60. The predicted octanol–water partition coefficient (Wildman–Crippen LogP) is 1.16. The molecule has 3 rings (SSSR count). The van der Waals surface area contributed by atoms with E-state index in [1.54, 1.807) is 0 Å². The first-order valence-corrected chi connectivity index (χ1v) is 7.41. The fourth-order valence-corrected chi connectivity index (χ4v) is 2.78. The van der Waals surface area contributed by atoms with E-state index in [0.717, 1.165) is 49.6 Å². The number of nitriles is 1. The Labute approximate surface area is 124 Å². The van der Waals surface area contributed by atoms with E-state index < -0.39 is 0 Å². The van der Waals surface area contributed by atoms with Crippen LogP contribution in [0.15, 0.2) is 12.3 Å². The molecule has 0 fully saturated rings. The first kappa shape index (κ1) is 13.8. The van der Waals surface area contributed by atoms with Gasteiger partial charge in [0.05, 0.1) is 6.54 Å². The fraction of sp³-hybridized carbons (Fsp3) is 0.533. The molecule has 2 aromatic heterocycles. The summed E-state index contributed by atoms with van der Waals surface area (Å²) in [5, 5.41) is 17.1. The van der Waals surface area contributed by atoms with Crippen molar-refractivity contribution in [3.8, 4) is 6.07 Å². The van der Waals surface area contributed by atoms with Crippen LogP contribution in [0.2, 0.25) is 0 Å². The maximum absolute atomic E-state index is 8.97. The Hall–Kier alpha value is -2.13. The first-order chi connectivity index (χ1) is 10.2. The van der Waals surface area contributed by atoms with Gasteiger partial charge in [-0.3, -0.25) is 0 Å². The maximum atomic E-state index is 8.97. The van der Waals surface area contributed by atoms with Crippen molar-refractivity contribution < 1.29 is 0 Å². The molecule has 1 atom stereocenters. The largest absolute Gasteiger partial charge is 0.342 e. The number of nitrogens with zero attached hydrogens (tertiary/aromatic N) is 5. The molecule has 1 aliphatic heterocycles. The predicted molar refractivity (Wildman–Crippen MR) is 78.5 cm³/mol. The van der Waals surface area contributed by atoms with Gasteiger partial charge in [0.1, 0.15) is 17.6 Å². The molecule has 3 heterocycles. The van der Waals surface area contributed by atoms with Crippen LogP contribution in [0.3, 0.4) is 0 Å². The molecule has 0 aromatic carbocycles. The van der Waals surface area contributed by atoms with Gasteiger partial charge in [0, 0.05) is 38.7 Å². The van der Waals surface area contributed by atoms with Crippen molar-refractivity contribution in [3.05, 3.63) is 35.2 Å². The lowest BCUT2D eigenvalue weighted by Crippen LogP contribution is -2.37. The number of nitrogens with one attached hydrogen (secondary N) is 1. The first-order valence-electron chi connectivity index (χ1n) is 7.41. The van der Waals surface area contributed by atoms with Crippen LogP contribution in [-0.4, -0.2) is 25.4 Å². The Bertz CT molecular complexity index is 675. The molecule has 0 radical (unpaired) electrons. The molecule has 0 saturated heterocycles. The van der Waals surface area contributed by atoms with Gasteiger partial charge < -0.3 is 9.88 Å². The quantitative estimate of drug-likeness (QED) is 0.914. The molecule has 21 heavy (non-hydrogen) atoms. The van der Waals surface area contributed by atoms with Crippen LogP contribution in [0, 0.1) is 11.3 Å². The molecule has 0 spiro atoms. The van der Waals surface area contributed by atoms with E-state index in [0.29, 0.717) is 11.7 Å². The molecule has 0 aliphatic carbocycles. The molecule has 1 N–H and O–H groups in total. The molecule has 2 aromatic rings. The van der Waals surface area contributed by atoms with Crippen molar-refractivity contribution in [2.45, 2.75) is 45.3 Å². The zero-order valence-corrected chi connectivity index (χ0v) is 12.5. The van der Waals surface area contributed by atoms with Gasteiger partial charge in [-0.05, 0) is 18.1 Å². The average molecular weight is 284 g/mol. The standard InChI is InChI=1S/C15H20N6/c1-3-14-18-15-5-4-12(10-21(15)19-14)17-8-11-6-13(7-16)20(2)9-11/h6,9,12,17H,3-5,8,10H2,1-2H3. The smallest absolute Gasteiger partial charge is 0.150 e. The van der Waals surface area contributed by atoms with Gasteiger partial charge in [0.25, 0.3) is 0 Å². The minimum atomic E-state index is 0.412. The number of fused-ring (bicyclic) bond motifs is 1. The Morgan fingerprint density at radius 1 is 1.52 bits per heavy atom. The molecule has 0 saturated carbocycles. The van der Waals surface area contributed by atoms with Gasteiger partial charge in [0.15, 0.2) is 5.82 Å². The van der Waals surface area contributed by atoms with Gasteiger partial charge in [-0.2, -0.15) is 10.4 Å². The van der Waals surface area contributed by atoms with Gasteiger partial charge >= 0.3 is 0 Å². The highest BCUT2D eigenvalue weighted by atomic mass is 15.4. The normalized spacial score (nSPS) is 17.5. The van der Waals surface area contributed by atoms with E-state index in [2.05, 4.69) is 28.4 Å². The third kappa shape index (κ3) is 2.83. The molecule has 1 aliphatic rings. The van der Waals surface area contributed by atoms with E-state index in [1.165, 1.54) is 0 Å². The highest BCUT2D eigenvalue weighted by Crippen LogP contribution is 2.14. The highest BCUT2D eigenvalue weighted by molar-refractivity contribution is 5.28. The van der Waals surface area contributed by atoms with Gasteiger partial charge in [-0.25, -0.2) is 9.67 Å². The third-order valence-corrected chi connectivity index (χ3v) is 3.99. The van der Waals surface area contributed by atoms with Gasteiger partial charge in [-0.15, -0.1) is 0 Å². The Morgan fingerprint density at radius 2 is 2.38 bits per heavy atom. The van der Waals surface area contributed by atoms with E-state index in [1.807, 2.05) is 28.6 Å². The molecular formula is C15H20N6. The summed E-state index contributed by atoms with van der Waals surface area (Å²) >= 11 is 0. The van der Waals surface area contributed by atoms with Crippen molar-refractivity contribution >= 4 is 0 Å². The van der Waals surface area contributed by atoms with Crippen LogP contribution >= 0.6 is 0 Å². The maximum Gasteiger partial charge on any atom is 0.150 e. The molecular weight excluding hydrogens is 264 g/mol. The molecule has 6 heteroatoms. The Morgan fingerprint density at radius 3 is 3.10 bits per heavy atom.